The molecule has 3 aromatic rings. The molecular formula is C30H30ClN3O3. The van der Waals surface area contributed by atoms with Crippen molar-refractivity contribution in [2.75, 3.05) is 21.7 Å². The van der Waals surface area contributed by atoms with Crippen LogP contribution in [-0.2, 0) is 16.0 Å². The number of rotatable bonds is 9. The third-order valence-electron chi connectivity index (χ3n) is 6.29. The van der Waals surface area contributed by atoms with Crippen LogP contribution in [-0.4, -0.2) is 24.3 Å². The smallest absolute Gasteiger partial charge is 0.283 e. The zero-order chi connectivity index (χ0) is 26.5. The van der Waals surface area contributed by atoms with Gasteiger partial charge >= 0.3 is 0 Å². The van der Waals surface area contributed by atoms with Gasteiger partial charge in [-0.3, -0.25) is 14.4 Å². The number of carbonyl (C=O) groups is 3. The fraction of sp³-hybridized carbons (Fsp3) is 0.233. The molecule has 0 fully saturated rings. The topological polar surface area (TPSA) is 69.7 Å². The van der Waals surface area contributed by atoms with Crippen LogP contribution >= 0.6 is 11.6 Å². The van der Waals surface area contributed by atoms with E-state index in [2.05, 4.69) is 12.2 Å². The van der Waals surface area contributed by atoms with E-state index in [9.17, 15) is 14.4 Å². The molecule has 37 heavy (non-hydrogen) atoms. The van der Waals surface area contributed by atoms with Gasteiger partial charge in [0.1, 0.15) is 10.7 Å². The zero-order valence-electron chi connectivity index (χ0n) is 21.3. The summed E-state index contributed by atoms with van der Waals surface area (Å²) in [7, 11) is 0. The van der Waals surface area contributed by atoms with Crippen LogP contribution < -0.4 is 15.1 Å². The van der Waals surface area contributed by atoms with Crippen LogP contribution in [0, 0.1) is 6.92 Å². The molecule has 1 N–H and O–H groups in total. The van der Waals surface area contributed by atoms with Crippen molar-refractivity contribution >= 4 is 46.4 Å². The number of benzene rings is 3. The normalized spacial score (nSPS) is 13.4. The van der Waals surface area contributed by atoms with Crippen molar-refractivity contribution in [2.45, 2.75) is 40.0 Å². The van der Waals surface area contributed by atoms with Gasteiger partial charge in [-0.25, -0.2) is 4.90 Å². The van der Waals surface area contributed by atoms with E-state index in [4.69, 9.17) is 11.6 Å². The molecule has 0 radical (unpaired) electrons. The van der Waals surface area contributed by atoms with Crippen LogP contribution in [0.3, 0.4) is 0 Å². The average Bonchev–Trinajstić information content (AvgIpc) is 3.11. The lowest BCUT2D eigenvalue weighted by atomic mass is 10.1. The number of amides is 3. The zero-order valence-corrected chi connectivity index (χ0v) is 22.0. The second-order valence-electron chi connectivity index (χ2n) is 9.00. The largest absolute Gasteiger partial charge is 0.350 e. The van der Waals surface area contributed by atoms with E-state index in [0.29, 0.717) is 23.5 Å². The number of nitrogens with zero attached hydrogens (tertiary/aromatic N) is 2. The highest BCUT2D eigenvalue weighted by Gasteiger charge is 2.39. The summed E-state index contributed by atoms with van der Waals surface area (Å²) in [4.78, 5) is 42.2. The van der Waals surface area contributed by atoms with Gasteiger partial charge < -0.3 is 10.2 Å². The summed E-state index contributed by atoms with van der Waals surface area (Å²) in [5.74, 6) is -1.29. The van der Waals surface area contributed by atoms with Gasteiger partial charge in [0, 0.05) is 23.5 Å². The van der Waals surface area contributed by atoms with E-state index in [0.717, 1.165) is 41.0 Å². The molecule has 0 saturated heterocycles. The summed E-state index contributed by atoms with van der Waals surface area (Å²) in [6, 6.07) is 21.9. The number of aryl methyl sites for hydroxylation is 2. The van der Waals surface area contributed by atoms with Crippen molar-refractivity contribution in [3.05, 3.63) is 100 Å². The van der Waals surface area contributed by atoms with E-state index in [1.54, 1.807) is 41.3 Å². The van der Waals surface area contributed by atoms with Crippen LogP contribution in [0.5, 0.6) is 0 Å². The summed E-state index contributed by atoms with van der Waals surface area (Å²) in [5, 5.41) is 2.79. The van der Waals surface area contributed by atoms with Gasteiger partial charge in [-0.1, -0.05) is 55.3 Å². The monoisotopic (exact) mass is 515 g/mol. The number of carbonyl (C=O) groups excluding carboxylic acids is 3. The summed E-state index contributed by atoms with van der Waals surface area (Å²) in [6.07, 6.45) is 3.11. The molecule has 0 unspecified atom stereocenters. The average molecular weight is 516 g/mol. The lowest BCUT2D eigenvalue weighted by molar-refractivity contribution is -0.120. The van der Waals surface area contributed by atoms with E-state index >= 15 is 0 Å². The van der Waals surface area contributed by atoms with Crippen LogP contribution in [0.2, 0.25) is 0 Å². The molecule has 0 spiro atoms. The van der Waals surface area contributed by atoms with Gasteiger partial charge in [0.25, 0.3) is 17.7 Å². The Balaban J connectivity index is 1.53. The molecule has 0 aliphatic carbocycles. The lowest BCUT2D eigenvalue weighted by Gasteiger charge is -2.22. The number of unbranched alkanes of at least 4 members (excludes halogenated alkanes) is 1. The molecule has 0 bridgehead atoms. The molecule has 190 valence electrons. The van der Waals surface area contributed by atoms with E-state index in [-0.39, 0.29) is 16.6 Å². The summed E-state index contributed by atoms with van der Waals surface area (Å²) in [5.41, 5.74) is 4.40. The van der Waals surface area contributed by atoms with Crippen LogP contribution in [0.15, 0.2) is 83.5 Å². The Labute approximate surface area is 222 Å². The quantitative estimate of drug-likeness (QED) is 0.333. The molecule has 1 heterocycles. The third-order valence-corrected chi connectivity index (χ3v) is 6.65. The van der Waals surface area contributed by atoms with Crippen molar-refractivity contribution in [3.63, 3.8) is 0 Å². The lowest BCUT2D eigenvalue weighted by Crippen LogP contribution is -2.32. The fourth-order valence-corrected chi connectivity index (χ4v) is 4.52. The predicted molar refractivity (Wildman–Crippen MR) is 149 cm³/mol. The number of imide groups is 1. The summed E-state index contributed by atoms with van der Waals surface area (Å²) in [6.45, 7) is 6.53. The number of anilines is 3. The number of nitrogens with one attached hydrogen (secondary N) is 1. The molecule has 1 aliphatic heterocycles. The Morgan fingerprint density at radius 2 is 1.68 bits per heavy atom. The van der Waals surface area contributed by atoms with Gasteiger partial charge in [-0.15, -0.1) is 0 Å². The Hall–Kier alpha value is -3.90. The van der Waals surface area contributed by atoms with Gasteiger partial charge in [0.05, 0.1) is 5.69 Å². The Bertz CT molecular complexity index is 1360. The molecule has 6 nitrogen and oxygen atoms in total. The number of hydrogen-bond acceptors (Lipinski definition) is 4. The first-order valence-electron chi connectivity index (χ1n) is 12.5. The molecule has 0 aromatic heterocycles. The molecule has 3 aromatic carbocycles. The van der Waals surface area contributed by atoms with Gasteiger partial charge in [-0.05, 0) is 80.3 Å². The van der Waals surface area contributed by atoms with Crippen LogP contribution in [0.4, 0.5) is 17.1 Å². The Morgan fingerprint density at radius 3 is 2.35 bits per heavy atom. The van der Waals surface area contributed by atoms with Crippen molar-refractivity contribution in [1.29, 1.82) is 0 Å². The van der Waals surface area contributed by atoms with Gasteiger partial charge in [-0.2, -0.15) is 0 Å². The maximum absolute atomic E-state index is 13.3. The highest BCUT2D eigenvalue weighted by atomic mass is 35.5. The highest BCUT2D eigenvalue weighted by Crippen LogP contribution is 2.31. The molecule has 0 saturated carbocycles. The van der Waals surface area contributed by atoms with Crippen molar-refractivity contribution in [3.8, 4) is 0 Å². The molecule has 0 atom stereocenters. The molecular weight excluding hydrogens is 486 g/mol. The van der Waals surface area contributed by atoms with Gasteiger partial charge in [0.15, 0.2) is 0 Å². The van der Waals surface area contributed by atoms with E-state index in [1.807, 2.05) is 50.2 Å². The molecule has 3 amide bonds. The minimum atomic E-state index is -0.584. The van der Waals surface area contributed by atoms with E-state index in [1.165, 1.54) is 0 Å². The first-order chi connectivity index (χ1) is 17.8. The molecule has 4 rings (SSSR count). The van der Waals surface area contributed by atoms with Crippen LogP contribution in [0.1, 0.15) is 48.2 Å². The summed E-state index contributed by atoms with van der Waals surface area (Å²) < 4.78 is 0. The minimum Gasteiger partial charge on any atom is -0.350 e. The highest BCUT2D eigenvalue weighted by molar-refractivity contribution is 6.53. The van der Waals surface area contributed by atoms with Crippen molar-refractivity contribution < 1.29 is 14.4 Å². The summed E-state index contributed by atoms with van der Waals surface area (Å²) >= 11 is 6.32. The fourth-order valence-electron chi connectivity index (χ4n) is 4.31. The van der Waals surface area contributed by atoms with Crippen molar-refractivity contribution in [1.82, 2.24) is 0 Å². The first kappa shape index (κ1) is 26.2. The SMILES string of the molecule is CCCCc1ccc(N2C(=O)C(Cl)=C(Nc3cccc(C(=O)N(CC)c4cccc(C)c4)c3)C2=O)cc1. The minimum absolute atomic E-state index is 0.0163. The standard InChI is InChI=1S/C30H30ClN3O3/c1-4-6-10-21-14-16-24(17-15-21)34-29(36)26(31)27(30(34)37)32-23-12-8-11-22(19-23)28(35)33(5-2)25-13-7-9-20(3)18-25/h7-9,11-19,32H,4-6,10H2,1-3H3. The molecule has 7 heteroatoms. The van der Waals surface area contributed by atoms with Gasteiger partial charge in [0.2, 0.25) is 0 Å². The van der Waals surface area contributed by atoms with E-state index < -0.39 is 11.8 Å². The maximum Gasteiger partial charge on any atom is 0.283 e. The van der Waals surface area contributed by atoms with Crippen LogP contribution in [0.25, 0.3) is 0 Å². The second kappa shape index (κ2) is 11.4. The number of halogens is 1. The number of hydrogen-bond donors (Lipinski definition) is 1. The first-order valence-corrected chi connectivity index (χ1v) is 12.8. The Morgan fingerprint density at radius 1 is 0.946 bits per heavy atom. The third kappa shape index (κ3) is 5.59. The second-order valence-corrected chi connectivity index (χ2v) is 9.38. The van der Waals surface area contributed by atoms with Crippen molar-refractivity contribution in [2.24, 2.45) is 0 Å². The maximum atomic E-state index is 13.3. The Kier molecular flexibility index (Phi) is 8.09. The molecule has 1 aliphatic rings. The predicted octanol–water partition coefficient (Wildman–Crippen LogP) is 6.44.